The molecule has 0 radical (unpaired) electrons. The van der Waals surface area contributed by atoms with E-state index in [0.29, 0.717) is 12.3 Å². The molecule has 0 heterocycles. The van der Waals surface area contributed by atoms with Gasteiger partial charge in [0.25, 0.3) is 0 Å². The maximum absolute atomic E-state index is 13.4. The molecule has 0 saturated heterocycles. The lowest BCUT2D eigenvalue weighted by atomic mass is 10.1. The molecule has 2 N–H and O–H groups in total. The van der Waals surface area contributed by atoms with Crippen LogP contribution in [0.25, 0.3) is 0 Å². The Labute approximate surface area is 117 Å². The van der Waals surface area contributed by atoms with Crippen LogP contribution in [0.5, 0.6) is 5.75 Å². The first-order valence-electron chi connectivity index (χ1n) is 5.98. The van der Waals surface area contributed by atoms with Gasteiger partial charge in [0.05, 0.1) is 5.02 Å². The molecule has 2 aromatic carbocycles. The summed E-state index contributed by atoms with van der Waals surface area (Å²) in [5.41, 5.74) is 7.82. The van der Waals surface area contributed by atoms with Gasteiger partial charge in [-0.1, -0.05) is 41.4 Å². The second-order valence-electron chi connectivity index (χ2n) is 4.33. The van der Waals surface area contributed by atoms with Gasteiger partial charge in [-0.05, 0) is 24.6 Å². The van der Waals surface area contributed by atoms with Crippen LogP contribution in [0, 0.1) is 12.7 Å². The normalized spacial score (nSPS) is 12.2. The fraction of sp³-hybridized carbons (Fsp3) is 0.200. The van der Waals surface area contributed by atoms with Crippen LogP contribution in [0.3, 0.4) is 0 Å². The van der Waals surface area contributed by atoms with Crippen LogP contribution < -0.4 is 10.5 Å². The SMILES string of the molecule is Cc1cccc(C(CN)Oc2ccc(Cl)c(F)c2)c1. The van der Waals surface area contributed by atoms with Gasteiger partial charge in [0, 0.05) is 12.6 Å². The smallest absolute Gasteiger partial charge is 0.145 e. The van der Waals surface area contributed by atoms with E-state index in [4.69, 9.17) is 22.1 Å². The van der Waals surface area contributed by atoms with Gasteiger partial charge in [-0.3, -0.25) is 0 Å². The summed E-state index contributed by atoms with van der Waals surface area (Å²) in [6, 6.07) is 12.2. The van der Waals surface area contributed by atoms with Crippen molar-refractivity contribution < 1.29 is 9.13 Å². The highest BCUT2D eigenvalue weighted by Crippen LogP contribution is 2.25. The van der Waals surface area contributed by atoms with Crippen molar-refractivity contribution in [1.29, 1.82) is 0 Å². The third kappa shape index (κ3) is 3.46. The summed E-state index contributed by atoms with van der Waals surface area (Å²) >= 11 is 5.63. The van der Waals surface area contributed by atoms with Gasteiger partial charge in [-0.2, -0.15) is 0 Å². The van der Waals surface area contributed by atoms with Crippen molar-refractivity contribution in [1.82, 2.24) is 0 Å². The lowest BCUT2D eigenvalue weighted by Gasteiger charge is -2.18. The van der Waals surface area contributed by atoms with Gasteiger partial charge in [0.1, 0.15) is 17.7 Å². The summed E-state index contributed by atoms with van der Waals surface area (Å²) in [6.07, 6.45) is -0.305. The first-order valence-corrected chi connectivity index (χ1v) is 6.36. The number of hydrogen-bond acceptors (Lipinski definition) is 2. The molecule has 19 heavy (non-hydrogen) atoms. The van der Waals surface area contributed by atoms with Crippen molar-refractivity contribution in [2.45, 2.75) is 13.0 Å². The average molecular weight is 280 g/mol. The zero-order chi connectivity index (χ0) is 13.8. The summed E-state index contributed by atoms with van der Waals surface area (Å²) in [5, 5.41) is 0.0761. The van der Waals surface area contributed by atoms with E-state index in [0.717, 1.165) is 11.1 Å². The predicted octanol–water partition coefficient (Wildman–Crippen LogP) is 3.87. The number of hydrogen-bond donors (Lipinski definition) is 1. The summed E-state index contributed by atoms with van der Waals surface area (Å²) in [4.78, 5) is 0. The topological polar surface area (TPSA) is 35.2 Å². The van der Waals surface area contributed by atoms with E-state index in [9.17, 15) is 4.39 Å². The Morgan fingerprint density at radius 3 is 2.68 bits per heavy atom. The molecule has 100 valence electrons. The molecule has 0 aliphatic rings. The van der Waals surface area contributed by atoms with Gasteiger partial charge in [0.2, 0.25) is 0 Å². The first kappa shape index (κ1) is 13.8. The van der Waals surface area contributed by atoms with Crippen LogP contribution in [0.2, 0.25) is 5.02 Å². The van der Waals surface area contributed by atoms with E-state index in [2.05, 4.69) is 0 Å². The third-order valence-electron chi connectivity index (χ3n) is 2.80. The molecule has 2 nitrogen and oxygen atoms in total. The van der Waals surface area contributed by atoms with Gasteiger partial charge < -0.3 is 10.5 Å². The maximum atomic E-state index is 13.4. The van der Waals surface area contributed by atoms with Crippen molar-refractivity contribution in [2.75, 3.05) is 6.54 Å². The summed E-state index contributed by atoms with van der Waals surface area (Å²) in [5.74, 6) is -0.0852. The van der Waals surface area contributed by atoms with Crippen molar-refractivity contribution >= 4 is 11.6 Å². The van der Waals surface area contributed by atoms with E-state index in [1.165, 1.54) is 12.1 Å². The molecule has 1 atom stereocenters. The van der Waals surface area contributed by atoms with Gasteiger partial charge >= 0.3 is 0 Å². The highest BCUT2D eigenvalue weighted by Gasteiger charge is 2.12. The van der Waals surface area contributed by atoms with Crippen LogP contribution in [0.1, 0.15) is 17.2 Å². The highest BCUT2D eigenvalue weighted by atomic mass is 35.5. The molecule has 0 spiro atoms. The van der Waals surface area contributed by atoms with Crippen molar-refractivity contribution in [3.63, 3.8) is 0 Å². The lowest BCUT2D eigenvalue weighted by molar-refractivity contribution is 0.213. The van der Waals surface area contributed by atoms with Gasteiger partial charge in [0.15, 0.2) is 0 Å². The molecular formula is C15H15ClFNO. The standard InChI is InChI=1S/C15H15ClFNO/c1-10-3-2-4-11(7-10)15(9-18)19-12-5-6-13(16)14(17)8-12/h2-8,15H,9,18H2,1H3. The van der Waals surface area contributed by atoms with Gasteiger partial charge in [-0.25, -0.2) is 4.39 Å². The molecule has 4 heteroatoms. The molecule has 1 unspecified atom stereocenters. The number of aryl methyl sites for hydroxylation is 1. The first-order chi connectivity index (χ1) is 9.10. The molecular weight excluding hydrogens is 265 g/mol. The fourth-order valence-electron chi connectivity index (χ4n) is 1.84. The van der Waals surface area contributed by atoms with E-state index in [-0.39, 0.29) is 11.1 Å². The van der Waals surface area contributed by atoms with Crippen LogP contribution in [-0.2, 0) is 0 Å². The Bertz CT molecular complexity index is 574. The molecule has 0 aliphatic heterocycles. The maximum Gasteiger partial charge on any atom is 0.145 e. The zero-order valence-corrected chi connectivity index (χ0v) is 11.3. The summed E-state index contributed by atoms with van der Waals surface area (Å²) < 4.78 is 19.1. The van der Waals surface area contributed by atoms with E-state index >= 15 is 0 Å². The number of nitrogens with two attached hydrogens (primary N) is 1. The van der Waals surface area contributed by atoms with E-state index in [1.807, 2.05) is 31.2 Å². The Hall–Kier alpha value is -1.58. The zero-order valence-electron chi connectivity index (χ0n) is 10.6. The van der Waals surface area contributed by atoms with Crippen molar-refractivity contribution in [2.24, 2.45) is 5.73 Å². The van der Waals surface area contributed by atoms with Crippen molar-refractivity contribution in [3.05, 3.63) is 64.4 Å². The average Bonchev–Trinajstić information content (AvgIpc) is 2.40. The molecule has 2 rings (SSSR count). The summed E-state index contributed by atoms with van der Waals surface area (Å²) in [7, 11) is 0. The van der Waals surface area contributed by atoms with E-state index < -0.39 is 5.82 Å². The predicted molar refractivity (Wildman–Crippen MR) is 75.0 cm³/mol. The molecule has 0 amide bonds. The van der Waals surface area contributed by atoms with Crippen LogP contribution >= 0.6 is 11.6 Å². The molecule has 0 fully saturated rings. The molecule has 0 bridgehead atoms. The third-order valence-corrected chi connectivity index (χ3v) is 3.10. The molecule has 0 saturated carbocycles. The lowest BCUT2D eigenvalue weighted by Crippen LogP contribution is -2.18. The quantitative estimate of drug-likeness (QED) is 0.922. The molecule has 0 aromatic heterocycles. The Balaban J connectivity index is 2.21. The number of rotatable bonds is 4. The fourth-order valence-corrected chi connectivity index (χ4v) is 1.95. The Morgan fingerprint density at radius 1 is 1.26 bits per heavy atom. The van der Waals surface area contributed by atoms with Crippen LogP contribution in [-0.4, -0.2) is 6.54 Å². The van der Waals surface area contributed by atoms with Crippen LogP contribution in [0.15, 0.2) is 42.5 Å². The van der Waals surface area contributed by atoms with Gasteiger partial charge in [-0.15, -0.1) is 0 Å². The Morgan fingerprint density at radius 2 is 2.05 bits per heavy atom. The Kier molecular flexibility index (Phi) is 4.40. The second-order valence-corrected chi connectivity index (χ2v) is 4.74. The highest BCUT2D eigenvalue weighted by molar-refractivity contribution is 6.30. The second kappa shape index (κ2) is 6.04. The largest absolute Gasteiger partial charge is 0.484 e. The minimum Gasteiger partial charge on any atom is -0.484 e. The molecule has 2 aromatic rings. The molecule has 0 aliphatic carbocycles. The van der Waals surface area contributed by atoms with Crippen LogP contribution in [0.4, 0.5) is 4.39 Å². The number of ether oxygens (including phenoxy) is 1. The number of halogens is 2. The minimum absolute atomic E-state index is 0.0761. The van der Waals surface area contributed by atoms with E-state index in [1.54, 1.807) is 6.07 Å². The van der Waals surface area contributed by atoms with Crippen molar-refractivity contribution in [3.8, 4) is 5.75 Å². The monoisotopic (exact) mass is 279 g/mol. The summed E-state index contributed by atoms with van der Waals surface area (Å²) in [6.45, 7) is 2.31. The minimum atomic E-state index is -0.501. The number of benzene rings is 2.